The Labute approximate surface area is 173 Å². The molecule has 3 aromatic rings. The highest BCUT2D eigenvalue weighted by molar-refractivity contribution is 5.96. The van der Waals surface area contributed by atoms with Crippen molar-refractivity contribution in [1.82, 2.24) is 15.3 Å². The molecule has 0 saturated carbocycles. The molecule has 0 saturated heterocycles. The predicted octanol–water partition coefficient (Wildman–Crippen LogP) is 2.41. The molecule has 1 aromatic carbocycles. The highest BCUT2D eigenvalue weighted by Gasteiger charge is 2.11. The van der Waals surface area contributed by atoms with Gasteiger partial charge in [0.25, 0.3) is 5.91 Å². The van der Waals surface area contributed by atoms with Gasteiger partial charge in [-0.1, -0.05) is 12.1 Å². The summed E-state index contributed by atoms with van der Waals surface area (Å²) in [4.78, 5) is 41.7. The second-order valence-electron chi connectivity index (χ2n) is 6.81. The summed E-state index contributed by atoms with van der Waals surface area (Å²) in [5.74, 6) is -1.16. The predicted molar refractivity (Wildman–Crippen MR) is 113 cm³/mol. The number of benzene rings is 1. The van der Waals surface area contributed by atoms with E-state index in [1.54, 1.807) is 37.5 Å². The van der Waals surface area contributed by atoms with Crippen LogP contribution in [0.25, 0.3) is 28.2 Å². The van der Waals surface area contributed by atoms with Gasteiger partial charge in [-0.15, -0.1) is 0 Å². The molecule has 0 spiro atoms. The molecule has 8 nitrogen and oxygen atoms in total. The van der Waals surface area contributed by atoms with E-state index in [1.807, 2.05) is 18.2 Å². The molecule has 0 fully saturated rings. The first-order valence-electron chi connectivity index (χ1n) is 9.34. The molecular formula is C22H22N4O4. The Bertz CT molecular complexity index is 1120. The number of primary amides is 1. The van der Waals surface area contributed by atoms with E-state index >= 15 is 0 Å². The monoisotopic (exact) mass is 406 g/mol. The lowest BCUT2D eigenvalue weighted by Gasteiger charge is -2.13. The number of carbonyl (C=O) groups is 3. The fraction of sp³-hybridized carbons (Fsp3) is 0.182. The molecular weight excluding hydrogens is 384 g/mol. The Morgan fingerprint density at radius 1 is 1.23 bits per heavy atom. The minimum atomic E-state index is -0.524. The maximum absolute atomic E-state index is 12.3. The van der Waals surface area contributed by atoms with Crippen LogP contribution >= 0.6 is 0 Å². The van der Waals surface area contributed by atoms with Gasteiger partial charge < -0.3 is 20.8 Å². The van der Waals surface area contributed by atoms with Gasteiger partial charge in [-0.2, -0.15) is 0 Å². The average molecular weight is 406 g/mol. The highest BCUT2D eigenvalue weighted by atomic mass is 16.5. The first kappa shape index (κ1) is 20.8. The van der Waals surface area contributed by atoms with Crippen LogP contribution in [0.5, 0.6) is 0 Å². The van der Waals surface area contributed by atoms with E-state index in [4.69, 9.17) is 10.5 Å². The van der Waals surface area contributed by atoms with Crippen molar-refractivity contribution in [2.24, 2.45) is 5.73 Å². The summed E-state index contributed by atoms with van der Waals surface area (Å²) in [6, 6.07) is 9.06. The van der Waals surface area contributed by atoms with Crippen LogP contribution in [-0.4, -0.2) is 40.4 Å². The van der Waals surface area contributed by atoms with Crippen LogP contribution in [0.15, 0.2) is 48.8 Å². The number of nitrogens with one attached hydrogen (secondary N) is 2. The molecule has 4 N–H and O–H groups in total. The molecule has 0 bridgehead atoms. The Kier molecular flexibility index (Phi) is 6.26. The van der Waals surface area contributed by atoms with Gasteiger partial charge in [-0.25, -0.2) is 4.98 Å². The topological polar surface area (TPSA) is 127 Å². The van der Waals surface area contributed by atoms with Gasteiger partial charge in [0.15, 0.2) is 0 Å². The number of rotatable bonds is 7. The molecule has 0 aliphatic carbocycles. The van der Waals surface area contributed by atoms with Crippen LogP contribution in [0.1, 0.15) is 29.8 Å². The molecule has 2 aromatic heterocycles. The maximum atomic E-state index is 12.3. The Balaban J connectivity index is 1.75. The third-order valence-electron chi connectivity index (χ3n) is 4.39. The molecule has 2 heterocycles. The summed E-state index contributed by atoms with van der Waals surface area (Å²) in [5.41, 5.74) is 8.91. The van der Waals surface area contributed by atoms with Gasteiger partial charge in [0, 0.05) is 47.5 Å². The number of nitrogens with two attached hydrogens (primary N) is 1. The summed E-state index contributed by atoms with van der Waals surface area (Å²) in [7, 11) is 0. The number of amides is 2. The fourth-order valence-electron chi connectivity index (χ4n) is 2.97. The smallest absolute Gasteiger partial charge is 0.302 e. The van der Waals surface area contributed by atoms with Gasteiger partial charge in [0.1, 0.15) is 11.8 Å². The van der Waals surface area contributed by atoms with Crippen LogP contribution in [-0.2, 0) is 14.3 Å². The third-order valence-corrected chi connectivity index (χ3v) is 4.39. The number of pyridine rings is 1. The molecule has 0 aliphatic rings. The average Bonchev–Trinajstić information content (AvgIpc) is 3.12. The van der Waals surface area contributed by atoms with E-state index < -0.39 is 12.0 Å². The van der Waals surface area contributed by atoms with Gasteiger partial charge in [0.2, 0.25) is 5.91 Å². The second-order valence-corrected chi connectivity index (χ2v) is 6.81. The van der Waals surface area contributed by atoms with Crippen LogP contribution < -0.4 is 11.1 Å². The van der Waals surface area contributed by atoms with Crippen molar-refractivity contribution in [3.63, 3.8) is 0 Å². The maximum Gasteiger partial charge on any atom is 0.302 e. The van der Waals surface area contributed by atoms with Gasteiger partial charge in [-0.05, 0) is 36.8 Å². The standard InChI is InChI=1S/C22H22N4O4/c1-13(30-14(2)27)10-26-22(29)16-5-3-15(4-6-16)18-9-19-17(7-8-20(23)28)11-24-21(19)25-12-18/h3-9,11-13H,10H2,1-2H3,(H2,23,28)(H,24,25)(H,26,29)/t13-/m0/s1. The lowest BCUT2D eigenvalue weighted by Crippen LogP contribution is -2.32. The second kappa shape index (κ2) is 9.04. The lowest BCUT2D eigenvalue weighted by atomic mass is 10.0. The van der Waals surface area contributed by atoms with Crippen molar-refractivity contribution in [3.05, 3.63) is 59.9 Å². The number of esters is 1. The van der Waals surface area contributed by atoms with E-state index in [9.17, 15) is 14.4 Å². The summed E-state index contributed by atoms with van der Waals surface area (Å²) >= 11 is 0. The van der Waals surface area contributed by atoms with Crippen molar-refractivity contribution in [3.8, 4) is 11.1 Å². The zero-order valence-corrected chi connectivity index (χ0v) is 16.6. The van der Waals surface area contributed by atoms with Gasteiger partial charge in [0.05, 0.1) is 6.54 Å². The Morgan fingerprint density at radius 3 is 2.63 bits per heavy atom. The van der Waals surface area contributed by atoms with Crippen molar-refractivity contribution in [1.29, 1.82) is 0 Å². The SMILES string of the molecule is CC(=O)O[C@@H](C)CNC(=O)c1ccc(-c2cnc3[nH]cc(C=CC(N)=O)c3c2)cc1. The Hall–Kier alpha value is -3.94. The minimum absolute atomic E-state index is 0.232. The summed E-state index contributed by atoms with van der Waals surface area (Å²) in [6.45, 7) is 3.27. The van der Waals surface area contributed by atoms with Gasteiger partial charge in [-0.3, -0.25) is 14.4 Å². The molecule has 1 atom stereocenters. The highest BCUT2D eigenvalue weighted by Crippen LogP contribution is 2.25. The van der Waals surface area contributed by atoms with E-state index in [0.717, 1.165) is 22.1 Å². The largest absolute Gasteiger partial charge is 0.461 e. The quantitative estimate of drug-likeness (QED) is 0.410. The van der Waals surface area contributed by atoms with Crippen molar-refractivity contribution < 1.29 is 19.1 Å². The zero-order valence-electron chi connectivity index (χ0n) is 16.6. The lowest BCUT2D eigenvalue weighted by molar-refractivity contribution is -0.145. The molecule has 0 radical (unpaired) electrons. The number of aromatic amines is 1. The molecule has 8 heteroatoms. The summed E-state index contributed by atoms with van der Waals surface area (Å²) in [6.07, 6.45) is 6.02. The first-order valence-corrected chi connectivity index (χ1v) is 9.34. The van der Waals surface area contributed by atoms with E-state index in [1.165, 1.54) is 13.0 Å². The molecule has 154 valence electrons. The van der Waals surface area contributed by atoms with Crippen LogP contribution in [0.4, 0.5) is 0 Å². The Morgan fingerprint density at radius 2 is 1.97 bits per heavy atom. The van der Waals surface area contributed by atoms with E-state index in [-0.39, 0.29) is 18.4 Å². The van der Waals surface area contributed by atoms with Crippen molar-refractivity contribution >= 4 is 34.9 Å². The zero-order chi connectivity index (χ0) is 21.7. The molecule has 0 unspecified atom stereocenters. The van der Waals surface area contributed by atoms with Crippen LogP contribution in [0.3, 0.4) is 0 Å². The number of nitrogens with zero attached hydrogens (tertiary/aromatic N) is 1. The van der Waals surface area contributed by atoms with E-state index in [0.29, 0.717) is 11.2 Å². The molecule has 2 amide bonds. The number of carbonyl (C=O) groups excluding carboxylic acids is 3. The normalized spacial score (nSPS) is 12.1. The van der Waals surface area contributed by atoms with E-state index in [2.05, 4.69) is 15.3 Å². The van der Waals surface area contributed by atoms with Gasteiger partial charge >= 0.3 is 5.97 Å². The first-order chi connectivity index (χ1) is 14.3. The number of aromatic nitrogens is 2. The van der Waals surface area contributed by atoms with Crippen LogP contribution in [0.2, 0.25) is 0 Å². The van der Waals surface area contributed by atoms with Crippen molar-refractivity contribution in [2.75, 3.05) is 6.54 Å². The number of ether oxygens (including phenoxy) is 1. The molecule has 30 heavy (non-hydrogen) atoms. The number of fused-ring (bicyclic) bond motifs is 1. The number of hydrogen-bond donors (Lipinski definition) is 3. The van der Waals surface area contributed by atoms with Crippen molar-refractivity contribution in [2.45, 2.75) is 20.0 Å². The minimum Gasteiger partial charge on any atom is -0.461 e. The third kappa shape index (κ3) is 5.11. The van der Waals surface area contributed by atoms with Crippen LogP contribution in [0, 0.1) is 0 Å². The molecule has 3 rings (SSSR count). The summed E-state index contributed by atoms with van der Waals surface area (Å²) < 4.78 is 4.99. The molecule has 0 aliphatic heterocycles. The summed E-state index contributed by atoms with van der Waals surface area (Å²) in [5, 5.41) is 3.59. The fourth-order valence-corrected chi connectivity index (χ4v) is 2.97. The number of H-pyrrole nitrogens is 1. The number of hydrogen-bond acceptors (Lipinski definition) is 5.